The molecule has 106 valence electrons. The van der Waals surface area contributed by atoms with Gasteiger partial charge in [-0.15, -0.1) is 0 Å². The number of H-pyrrole nitrogens is 1. The molecule has 1 amide bonds. The number of aliphatic carboxylic acids is 1. The van der Waals surface area contributed by atoms with Gasteiger partial charge in [-0.2, -0.15) is 0 Å². The highest BCUT2D eigenvalue weighted by atomic mass is 16.4. The summed E-state index contributed by atoms with van der Waals surface area (Å²) in [6, 6.07) is 6.95. The molecule has 2 aromatic rings. The van der Waals surface area contributed by atoms with E-state index >= 15 is 0 Å². The van der Waals surface area contributed by atoms with Crippen LogP contribution in [0, 0.1) is 0 Å². The Balaban J connectivity index is 1.95. The number of carbonyl (C=O) groups is 2. The van der Waals surface area contributed by atoms with E-state index in [0.29, 0.717) is 12.8 Å². The van der Waals surface area contributed by atoms with Gasteiger partial charge in [0.1, 0.15) is 0 Å². The van der Waals surface area contributed by atoms with Crippen molar-refractivity contribution in [3.05, 3.63) is 36.0 Å². The van der Waals surface area contributed by atoms with Gasteiger partial charge in [-0.1, -0.05) is 25.1 Å². The normalized spacial score (nSPS) is 12.2. The van der Waals surface area contributed by atoms with Crippen LogP contribution in [0.1, 0.15) is 25.3 Å². The lowest BCUT2D eigenvalue weighted by molar-refractivity contribution is -0.308. The summed E-state index contributed by atoms with van der Waals surface area (Å²) in [5, 5.41) is 14.3. The molecule has 2 N–H and O–H groups in total. The minimum atomic E-state index is -1.24. The Morgan fingerprint density at radius 3 is 2.80 bits per heavy atom. The minimum absolute atomic E-state index is 0.256. The molecule has 1 heterocycles. The van der Waals surface area contributed by atoms with E-state index in [1.54, 1.807) is 6.92 Å². The highest BCUT2D eigenvalue weighted by molar-refractivity contribution is 5.85. The highest BCUT2D eigenvalue weighted by Crippen LogP contribution is 2.18. The van der Waals surface area contributed by atoms with Crippen molar-refractivity contribution in [2.75, 3.05) is 0 Å². The second kappa shape index (κ2) is 6.23. The molecule has 0 aliphatic carbocycles. The second-order valence-corrected chi connectivity index (χ2v) is 4.71. The molecule has 0 aliphatic heterocycles. The lowest BCUT2D eigenvalue weighted by atomic mass is 10.1. The first-order valence-electron chi connectivity index (χ1n) is 6.67. The van der Waals surface area contributed by atoms with Crippen molar-refractivity contribution >= 4 is 22.8 Å². The van der Waals surface area contributed by atoms with Crippen LogP contribution in [0.3, 0.4) is 0 Å². The number of carboxylic acid groups (broad SMARTS) is 1. The van der Waals surface area contributed by atoms with Crippen LogP contribution in [-0.4, -0.2) is 22.9 Å². The molecule has 5 heteroatoms. The van der Waals surface area contributed by atoms with Gasteiger partial charge in [0.2, 0.25) is 5.91 Å². The molecule has 1 aromatic carbocycles. The Kier molecular flexibility index (Phi) is 4.40. The van der Waals surface area contributed by atoms with Crippen molar-refractivity contribution in [3.63, 3.8) is 0 Å². The van der Waals surface area contributed by atoms with Gasteiger partial charge in [0.05, 0.1) is 12.0 Å². The van der Waals surface area contributed by atoms with Crippen molar-refractivity contribution in [2.45, 2.75) is 32.2 Å². The lowest BCUT2D eigenvalue weighted by Crippen LogP contribution is -2.47. The van der Waals surface area contributed by atoms with E-state index in [2.05, 4.69) is 10.3 Å². The zero-order valence-corrected chi connectivity index (χ0v) is 11.3. The molecule has 1 atom stereocenters. The molecule has 0 aliphatic rings. The Labute approximate surface area is 117 Å². The minimum Gasteiger partial charge on any atom is -0.548 e. The van der Waals surface area contributed by atoms with E-state index in [1.165, 1.54) is 0 Å². The van der Waals surface area contributed by atoms with Crippen LogP contribution in [0.4, 0.5) is 0 Å². The van der Waals surface area contributed by atoms with Crippen LogP contribution in [0.15, 0.2) is 30.5 Å². The maximum atomic E-state index is 11.7. The van der Waals surface area contributed by atoms with E-state index in [-0.39, 0.29) is 12.3 Å². The molecule has 0 fully saturated rings. The van der Waals surface area contributed by atoms with Crippen molar-refractivity contribution in [2.24, 2.45) is 0 Å². The Hall–Kier alpha value is -2.30. The zero-order valence-electron chi connectivity index (χ0n) is 11.3. The van der Waals surface area contributed by atoms with Crippen molar-refractivity contribution in [1.29, 1.82) is 0 Å². The van der Waals surface area contributed by atoms with Gasteiger partial charge in [0.15, 0.2) is 0 Å². The number of para-hydroxylation sites is 1. The average molecular weight is 273 g/mol. The number of nitrogens with one attached hydrogen (secondary N) is 2. The molecule has 0 unspecified atom stereocenters. The molecular formula is C15H17N2O3-. The first-order chi connectivity index (χ1) is 9.61. The van der Waals surface area contributed by atoms with Crippen molar-refractivity contribution in [3.8, 4) is 0 Å². The van der Waals surface area contributed by atoms with Crippen LogP contribution < -0.4 is 10.4 Å². The third-order valence-electron chi connectivity index (χ3n) is 3.32. The quantitative estimate of drug-likeness (QED) is 0.814. The highest BCUT2D eigenvalue weighted by Gasteiger charge is 2.12. The molecule has 0 saturated heterocycles. The lowest BCUT2D eigenvalue weighted by Gasteiger charge is -2.17. The third-order valence-corrected chi connectivity index (χ3v) is 3.32. The number of hydrogen-bond acceptors (Lipinski definition) is 3. The van der Waals surface area contributed by atoms with Gasteiger partial charge >= 0.3 is 0 Å². The fraction of sp³-hybridized carbons (Fsp3) is 0.333. The summed E-state index contributed by atoms with van der Waals surface area (Å²) in [6.45, 7) is 1.69. The topological polar surface area (TPSA) is 85.0 Å². The third kappa shape index (κ3) is 3.17. The standard InChI is InChI=1S/C15H18N2O3/c1-2-12(15(19)20)17-14(18)8-7-10-9-16-13-6-4-3-5-11(10)13/h3-6,9,12,16H,2,7-8H2,1H3,(H,17,18)(H,19,20)/p-1/t12-/m1/s1. The SMILES string of the molecule is CC[C@@H](NC(=O)CCc1c[nH]c2ccccc12)C(=O)[O-]. The number of benzene rings is 1. The number of aromatic amines is 1. The van der Waals surface area contributed by atoms with Crippen LogP contribution in [-0.2, 0) is 16.0 Å². The fourth-order valence-corrected chi connectivity index (χ4v) is 2.18. The number of carbonyl (C=O) groups excluding carboxylic acids is 2. The molecule has 5 nitrogen and oxygen atoms in total. The molecule has 20 heavy (non-hydrogen) atoms. The number of fused-ring (bicyclic) bond motifs is 1. The summed E-state index contributed by atoms with van der Waals surface area (Å²) >= 11 is 0. The van der Waals surface area contributed by atoms with Crippen molar-refractivity contribution in [1.82, 2.24) is 10.3 Å². The number of rotatable bonds is 6. The van der Waals surface area contributed by atoms with Crippen LogP contribution in [0.25, 0.3) is 10.9 Å². The Morgan fingerprint density at radius 1 is 1.35 bits per heavy atom. The molecule has 0 spiro atoms. The second-order valence-electron chi connectivity index (χ2n) is 4.71. The van der Waals surface area contributed by atoms with E-state index in [1.807, 2.05) is 30.5 Å². The largest absolute Gasteiger partial charge is 0.548 e. The fourth-order valence-electron chi connectivity index (χ4n) is 2.18. The van der Waals surface area contributed by atoms with Crippen LogP contribution in [0.2, 0.25) is 0 Å². The Morgan fingerprint density at radius 2 is 2.10 bits per heavy atom. The number of aromatic nitrogens is 1. The molecule has 0 saturated carbocycles. The van der Waals surface area contributed by atoms with Crippen molar-refractivity contribution < 1.29 is 14.7 Å². The van der Waals surface area contributed by atoms with Gasteiger partial charge in [-0.05, 0) is 24.5 Å². The van der Waals surface area contributed by atoms with Crippen LogP contribution in [0.5, 0.6) is 0 Å². The first-order valence-corrected chi connectivity index (χ1v) is 6.67. The number of aryl methyl sites for hydroxylation is 1. The van der Waals surface area contributed by atoms with E-state index in [0.717, 1.165) is 16.5 Å². The molecule has 2 rings (SSSR count). The van der Waals surface area contributed by atoms with E-state index in [4.69, 9.17) is 0 Å². The predicted molar refractivity (Wildman–Crippen MR) is 73.8 cm³/mol. The molecule has 0 bridgehead atoms. The summed E-state index contributed by atoms with van der Waals surface area (Å²) < 4.78 is 0. The van der Waals surface area contributed by atoms with Gasteiger partial charge in [0, 0.05) is 23.5 Å². The monoisotopic (exact) mass is 273 g/mol. The summed E-state index contributed by atoms with van der Waals surface area (Å²) in [6.07, 6.45) is 3.03. The van der Waals surface area contributed by atoms with E-state index in [9.17, 15) is 14.7 Å². The van der Waals surface area contributed by atoms with Crippen LogP contribution >= 0.6 is 0 Å². The summed E-state index contributed by atoms with van der Waals surface area (Å²) in [5.41, 5.74) is 2.08. The first kappa shape index (κ1) is 14.1. The Bertz CT molecular complexity index is 618. The summed E-state index contributed by atoms with van der Waals surface area (Å²) in [4.78, 5) is 25.6. The maximum Gasteiger partial charge on any atom is 0.220 e. The van der Waals surface area contributed by atoms with E-state index < -0.39 is 12.0 Å². The average Bonchev–Trinajstić information content (AvgIpc) is 2.85. The zero-order chi connectivity index (χ0) is 14.5. The molecule has 1 aromatic heterocycles. The predicted octanol–water partition coefficient (Wildman–Crippen LogP) is 0.745. The van der Waals surface area contributed by atoms with Gasteiger partial charge in [0.25, 0.3) is 0 Å². The summed E-state index contributed by atoms with van der Waals surface area (Å²) in [7, 11) is 0. The summed E-state index contributed by atoms with van der Waals surface area (Å²) in [5.74, 6) is -1.51. The van der Waals surface area contributed by atoms with Gasteiger partial charge in [-0.3, -0.25) is 4.79 Å². The van der Waals surface area contributed by atoms with Gasteiger partial charge < -0.3 is 20.2 Å². The molecular weight excluding hydrogens is 256 g/mol. The maximum absolute atomic E-state index is 11.7. The smallest absolute Gasteiger partial charge is 0.220 e. The number of carboxylic acids is 1. The number of hydrogen-bond donors (Lipinski definition) is 2. The molecule has 0 radical (unpaired) electrons. The van der Waals surface area contributed by atoms with Gasteiger partial charge in [-0.25, -0.2) is 0 Å². The number of amides is 1.